The van der Waals surface area contributed by atoms with Gasteiger partial charge in [-0.05, 0) is 6.04 Å². The Morgan fingerprint density at radius 3 is 1.12 bits per heavy atom. The van der Waals surface area contributed by atoms with Gasteiger partial charge >= 0.3 is 0 Å². The molecule has 8 heavy (non-hydrogen) atoms. The molecule has 0 aliphatic rings. The topological polar surface area (TPSA) is 96.0 Å². The van der Waals surface area contributed by atoms with Crippen molar-refractivity contribution in [2.75, 3.05) is 0 Å². The fraction of sp³-hybridized carbons (Fsp3) is 0.600. The van der Waals surface area contributed by atoms with Gasteiger partial charge in [-0.1, -0.05) is 13.8 Å². The molecule has 0 unspecified atom stereocenters. The third-order valence-corrected chi connectivity index (χ3v) is 0. The Kier molecular flexibility index (Phi) is 97.0. The fourth-order valence-corrected chi connectivity index (χ4v) is 0. The van der Waals surface area contributed by atoms with E-state index in [-0.39, 0.29) is 12.3 Å². The predicted molar refractivity (Wildman–Crippen MR) is 40.6 cm³/mol. The molecule has 0 atom stereocenters. The number of nitrogens with two attached hydrogens (primary N) is 1. The van der Waals surface area contributed by atoms with Crippen LogP contribution in [0.3, 0.4) is 0 Å². The van der Waals surface area contributed by atoms with Crippen LogP contribution < -0.4 is 18.0 Å². The molecule has 8 N–H and O–H groups in total. The first-order valence-electron chi connectivity index (χ1n) is 1.99. The lowest BCUT2D eigenvalue weighted by atomic mass is 10.5. The Balaban J connectivity index is -0.0000000183. The molecular formula is C5H19N3. The van der Waals surface area contributed by atoms with Crippen molar-refractivity contribution >= 4 is 0 Å². The van der Waals surface area contributed by atoms with Crippen molar-refractivity contribution in [2.45, 2.75) is 19.9 Å². The summed E-state index contributed by atoms with van der Waals surface area (Å²) in [4.78, 5) is 0. The molecule has 0 fully saturated rings. The highest BCUT2D eigenvalue weighted by Gasteiger charge is 1.67. The van der Waals surface area contributed by atoms with Crippen LogP contribution >= 0.6 is 0 Å². The minimum Gasteiger partial charge on any atom is -0.344 e. The molecule has 0 saturated carbocycles. The van der Waals surface area contributed by atoms with Gasteiger partial charge in [0, 0.05) is 0 Å². The van der Waals surface area contributed by atoms with E-state index in [2.05, 4.69) is 13.2 Å². The zero-order chi connectivity index (χ0) is 5.58. The molecule has 0 radical (unpaired) electrons. The van der Waals surface area contributed by atoms with Gasteiger partial charge in [0.05, 0.1) is 0 Å². The van der Waals surface area contributed by atoms with Crippen molar-refractivity contribution in [3.05, 3.63) is 13.2 Å². The van der Waals surface area contributed by atoms with E-state index in [4.69, 9.17) is 5.73 Å². The molecule has 0 saturated heterocycles. The summed E-state index contributed by atoms with van der Waals surface area (Å²) in [6, 6.07) is 0.333. The third kappa shape index (κ3) is 831. The lowest BCUT2D eigenvalue weighted by molar-refractivity contribution is 0.834. The molecule has 0 spiro atoms. The molecule has 0 aliphatic carbocycles. The van der Waals surface area contributed by atoms with Gasteiger partial charge in [-0.2, -0.15) is 0 Å². The maximum absolute atomic E-state index is 5.11. The summed E-state index contributed by atoms with van der Waals surface area (Å²) in [5, 5.41) is 0. The summed E-state index contributed by atoms with van der Waals surface area (Å²) in [6.07, 6.45) is 0. The van der Waals surface area contributed by atoms with Crippen LogP contribution in [-0.2, 0) is 0 Å². The first kappa shape index (κ1) is 25.5. The number of hydrogen-bond acceptors (Lipinski definition) is 3. The van der Waals surface area contributed by atoms with Crippen LogP contribution in [-0.4, -0.2) is 6.04 Å². The maximum atomic E-state index is 5.11. The normalized spacial score (nSPS) is 5.00. The zero-order valence-electron chi connectivity index (χ0n) is 5.98. The van der Waals surface area contributed by atoms with E-state index in [0.29, 0.717) is 6.04 Å². The molecule has 0 heterocycles. The van der Waals surface area contributed by atoms with Crippen LogP contribution in [0.2, 0.25) is 0 Å². The summed E-state index contributed by atoms with van der Waals surface area (Å²) in [7, 11) is 0. The van der Waals surface area contributed by atoms with Crippen LogP contribution in [0.15, 0.2) is 13.2 Å². The third-order valence-electron chi connectivity index (χ3n) is 0. The molecular weight excluding hydrogens is 102 g/mol. The summed E-state index contributed by atoms with van der Waals surface area (Å²) < 4.78 is 0. The van der Waals surface area contributed by atoms with Crippen LogP contribution in [0.25, 0.3) is 0 Å². The van der Waals surface area contributed by atoms with Gasteiger partial charge < -0.3 is 18.0 Å². The molecule has 0 bridgehead atoms. The highest BCUT2D eigenvalue weighted by atomic mass is 14.6. The van der Waals surface area contributed by atoms with Gasteiger partial charge in [0.25, 0.3) is 0 Å². The number of rotatable bonds is 0. The van der Waals surface area contributed by atoms with Gasteiger partial charge in [0.2, 0.25) is 0 Å². The second-order valence-corrected chi connectivity index (χ2v) is 1.24. The molecule has 0 aromatic rings. The van der Waals surface area contributed by atoms with E-state index in [1.54, 1.807) is 0 Å². The molecule has 0 aliphatic heterocycles. The van der Waals surface area contributed by atoms with Crippen molar-refractivity contribution in [2.24, 2.45) is 5.73 Å². The summed E-state index contributed by atoms with van der Waals surface area (Å²) in [5.74, 6) is 0. The molecule has 0 rings (SSSR count). The van der Waals surface area contributed by atoms with E-state index < -0.39 is 0 Å². The lowest BCUT2D eigenvalue weighted by Gasteiger charge is -1.81. The highest BCUT2D eigenvalue weighted by Crippen LogP contribution is 1.58. The van der Waals surface area contributed by atoms with Crippen molar-refractivity contribution in [3.8, 4) is 0 Å². The van der Waals surface area contributed by atoms with Crippen molar-refractivity contribution in [1.82, 2.24) is 12.3 Å². The largest absolute Gasteiger partial charge is 0.344 e. The van der Waals surface area contributed by atoms with Gasteiger partial charge in [0.15, 0.2) is 0 Å². The van der Waals surface area contributed by atoms with E-state index in [9.17, 15) is 0 Å². The number of hydrogen-bond donors (Lipinski definition) is 3. The van der Waals surface area contributed by atoms with E-state index in [0.717, 1.165) is 0 Å². The molecule has 54 valence electrons. The average molecular weight is 121 g/mol. The molecule has 3 nitrogen and oxygen atoms in total. The monoisotopic (exact) mass is 121 g/mol. The minimum atomic E-state index is 0. The first-order chi connectivity index (χ1) is 2.73. The quantitative estimate of drug-likeness (QED) is 0.423. The van der Waals surface area contributed by atoms with Gasteiger partial charge in [-0.25, -0.2) is 0 Å². The van der Waals surface area contributed by atoms with Crippen molar-refractivity contribution < 1.29 is 0 Å². The molecule has 3 heteroatoms. The Morgan fingerprint density at radius 2 is 1.12 bits per heavy atom. The van der Waals surface area contributed by atoms with Crippen molar-refractivity contribution in [1.29, 1.82) is 0 Å². The second-order valence-electron chi connectivity index (χ2n) is 1.24. The highest BCUT2D eigenvalue weighted by molar-refractivity contribution is 4.32. The van der Waals surface area contributed by atoms with Crippen LogP contribution in [0, 0.1) is 0 Å². The van der Waals surface area contributed by atoms with E-state index in [1.165, 1.54) is 0 Å². The maximum Gasteiger partial charge on any atom is -0.00179 e. The fourth-order valence-electron chi connectivity index (χ4n) is 0. The van der Waals surface area contributed by atoms with Crippen molar-refractivity contribution in [3.63, 3.8) is 0 Å². The molecule has 0 aromatic heterocycles. The van der Waals surface area contributed by atoms with E-state index >= 15 is 0 Å². The second kappa shape index (κ2) is 30.5. The Morgan fingerprint density at radius 1 is 1.12 bits per heavy atom. The average Bonchev–Trinajstić information content (AvgIpc) is 1.41. The van der Waals surface area contributed by atoms with Gasteiger partial charge in [-0.15, -0.1) is 13.2 Å². The molecule has 0 amide bonds. The first-order valence-corrected chi connectivity index (χ1v) is 1.99. The Labute approximate surface area is 52.1 Å². The van der Waals surface area contributed by atoms with Gasteiger partial charge in [-0.3, -0.25) is 0 Å². The smallest absolute Gasteiger partial charge is 0.00179 e. The van der Waals surface area contributed by atoms with Crippen LogP contribution in [0.1, 0.15) is 13.8 Å². The lowest BCUT2D eigenvalue weighted by Crippen LogP contribution is -2.06. The van der Waals surface area contributed by atoms with E-state index in [1.807, 2.05) is 13.8 Å². The summed E-state index contributed by atoms with van der Waals surface area (Å²) in [5.41, 5.74) is 5.11. The summed E-state index contributed by atoms with van der Waals surface area (Å²) >= 11 is 0. The standard InChI is InChI=1S/C3H9N.C2H4.2H3N/c1-3(2)4;1-2;;/h3H,4H2,1-2H3;1-2H2;2*1H3. The summed E-state index contributed by atoms with van der Waals surface area (Å²) in [6.45, 7) is 9.89. The zero-order valence-corrected chi connectivity index (χ0v) is 5.98. The molecule has 0 aromatic carbocycles. The van der Waals surface area contributed by atoms with Gasteiger partial charge in [0.1, 0.15) is 0 Å². The Hall–Kier alpha value is -0.380. The predicted octanol–water partition coefficient (Wildman–Crippen LogP) is 1.48. The minimum absolute atomic E-state index is 0. The van der Waals surface area contributed by atoms with Crippen LogP contribution in [0.4, 0.5) is 0 Å². The van der Waals surface area contributed by atoms with Crippen LogP contribution in [0.5, 0.6) is 0 Å². The SMILES string of the molecule is C=C.CC(C)N.N.N. The Bertz CT molecular complexity index is 18.9.